The third-order valence-electron chi connectivity index (χ3n) is 3.68. The third-order valence-corrected chi connectivity index (χ3v) is 4.96. The molecule has 3 atom stereocenters. The standard InChI is InChI=1S/C15H17AsF3NO2/c1-8(2)20-11-6-4-3-5-9(11)10(7-15(17,18)19)13(21)12(16)14(20)22/h3-6,8,10,12H,7,16H2,1-2H3. The van der Waals surface area contributed by atoms with Crippen LogP contribution in [0.3, 0.4) is 0 Å². The molecule has 0 saturated carbocycles. The van der Waals surface area contributed by atoms with Gasteiger partial charge in [0, 0.05) is 0 Å². The molecule has 1 aromatic carbocycles. The van der Waals surface area contributed by atoms with E-state index in [4.69, 9.17) is 0 Å². The van der Waals surface area contributed by atoms with Crippen LogP contribution in [0.25, 0.3) is 0 Å². The molecule has 1 amide bonds. The molecule has 3 unspecified atom stereocenters. The van der Waals surface area contributed by atoms with E-state index in [1.165, 1.54) is 11.0 Å². The summed E-state index contributed by atoms with van der Waals surface area (Å²) < 4.78 is 37.6. The Morgan fingerprint density at radius 2 is 1.82 bits per heavy atom. The fraction of sp³-hybridized carbons (Fsp3) is 0.467. The molecule has 1 aliphatic rings. The number of hydrogen-bond acceptors (Lipinski definition) is 2. The van der Waals surface area contributed by atoms with Crippen LogP contribution in [0, 0.1) is 0 Å². The summed E-state index contributed by atoms with van der Waals surface area (Å²) in [7, 11) is 0. The average molecular weight is 375 g/mol. The van der Waals surface area contributed by atoms with Gasteiger partial charge >= 0.3 is 135 Å². The molecule has 0 fully saturated rings. The summed E-state index contributed by atoms with van der Waals surface area (Å²) in [5, 5.41) is 0. The molecular formula is C15H17AsF3NO2. The molecule has 0 radical (unpaired) electrons. The zero-order valence-corrected chi connectivity index (χ0v) is 14.6. The van der Waals surface area contributed by atoms with Crippen LogP contribution in [-0.4, -0.2) is 40.8 Å². The van der Waals surface area contributed by atoms with Gasteiger partial charge in [-0.2, -0.15) is 0 Å². The first-order valence-electron chi connectivity index (χ1n) is 6.91. The van der Waals surface area contributed by atoms with Crippen molar-refractivity contribution in [2.24, 2.45) is 0 Å². The fourth-order valence-corrected chi connectivity index (χ4v) is 3.56. The number of carbonyl (C=O) groups is 2. The molecule has 0 saturated heterocycles. The Balaban J connectivity index is 2.62. The number of nitrogens with zero attached hydrogens (tertiary/aromatic N) is 1. The van der Waals surface area contributed by atoms with Crippen LogP contribution in [-0.2, 0) is 9.59 Å². The van der Waals surface area contributed by atoms with E-state index in [1.807, 2.05) is 0 Å². The van der Waals surface area contributed by atoms with E-state index in [1.54, 1.807) is 32.0 Å². The van der Waals surface area contributed by atoms with Crippen LogP contribution in [0.4, 0.5) is 18.9 Å². The van der Waals surface area contributed by atoms with Crippen LogP contribution in [0.2, 0.25) is 4.71 Å². The van der Waals surface area contributed by atoms with E-state index < -0.39 is 34.9 Å². The summed E-state index contributed by atoms with van der Waals surface area (Å²) in [6.07, 6.45) is -5.70. The number of rotatable bonds is 2. The fourth-order valence-electron chi connectivity index (χ4n) is 2.74. The minimum absolute atomic E-state index is 0.232. The molecule has 2 rings (SSSR count). The van der Waals surface area contributed by atoms with Crippen molar-refractivity contribution >= 4 is 34.2 Å². The summed E-state index contributed by atoms with van der Waals surface area (Å²) in [5.74, 6) is -2.38. The molecule has 0 aromatic heterocycles. The van der Waals surface area contributed by atoms with Gasteiger partial charge in [0.05, 0.1) is 0 Å². The molecule has 1 heterocycles. The second-order valence-corrected chi connectivity index (χ2v) is 7.01. The first-order chi connectivity index (χ1) is 10.1. The van der Waals surface area contributed by atoms with Gasteiger partial charge in [-0.3, -0.25) is 0 Å². The van der Waals surface area contributed by atoms with Gasteiger partial charge in [-0.15, -0.1) is 0 Å². The maximum atomic E-state index is 12.9. The van der Waals surface area contributed by atoms with Crippen molar-refractivity contribution in [1.82, 2.24) is 0 Å². The molecule has 22 heavy (non-hydrogen) atoms. The van der Waals surface area contributed by atoms with Crippen molar-refractivity contribution in [1.29, 1.82) is 0 Å². The molecule has 0 bridgehead atoms. The van der Waals surface area contributed by atoms with Crippen LogP contribution in [0.15, 0.2) is 24.3 Å². The molecule has 0 spiro atoms. The van der Waals surface area contributed by atoms with E-state index in [0.29, 0.717) is 5.69 Å². The summed E-state index contributed by atoms with van der Waals surface area (Å²) in [5.41, 5.74) is 0.692. The van der Waals surface area contributed by atoms with Crippen LogP contribution in [0.1, 0.15) is 31.7 Å². The van der Waals surface area contributed by atoms with Gasteiger partial charge in [-0.1, -0.05) is 0 Å². The Morgan fingerprint density at radius 1 is 1.23 bits per heavy atom. The number of carbonyl (C=O) groups excluding carboxylic acids is 2. The van der Waals surface area contributed by atoms with Gasteiger partial charge in [0.2, 0.25) is 0 Å². The first kappa shape index (κ1) is 17.1. The molecule has 1 aromatic rings. The Morgan fingerprint density at radius 3 is 2.36 bits per heavy atom. The Bertz CT molecular complexity index is 601. The van der Waals surface area contributed by atoms with Gasteiger partial charge in [0.1, 0.15) is 0 Å². The van der Waals surface area contributed by atoms with Crippen molar-refractivity contribution in [3.8, 4) is 0 Å². The average Bonchev–Trinajstić information content (AvgIpc) is 2.48. The van der Waals surface area contributed by atoms with E-state index in [-0.39, 0.29) is 11.6 Å². The number of amides is 1. The Kier molecular flexibility index (Phi) is 4.71. The van der Waals surface area contributed by atoms with Crippen LogP contribution >= 0.6 is 0 Å². The first-order valence-corrected chi connectivity index (χ1v) is 8.31. The second-order valence-electron chi connectivity index (χ2n) is 5.61. The molecular weight excluding hydrogens is 358 g/mol. The van der Waals surface area contributed by atoms with Gasteiger partial charge in [-0.05, 0) is 0 Å². The number of para-hydroxylation sites is 1. The van der Waals surface area contributed by atoms with Gasteiger partial charge in [0.25, 0.3) is 0 Å². The molecule has 0 aliphatic carbocycles. The number of halogens is 3. The molecule has 0 N–H and O–H groups in total. The van der Waals surface area contributed by atoms with Gasteiger partial charge in [-0.25, -0.2) is 0 Å². The Hall–Kier alpha value is -1.29. The number of benzene rings is 1. The summed E-state index contributed by atoms with van der Waals surface area (Å²) >= 11 is 0.853. The number of hydrogen-bond donors (Lipinski definition) is 0. The number of ketones is 1. The number of anilines is 1. The van der Waals surface area contributed by atoms with E-state index in [2.05, 4.69) is 0 Å². The third kappa shape index (κ3) is 3.22. The van der Waals surface area contributed by atoms with Gasteiger partial charge in [0.15, 0.2) is 0 Å². The van der Waals surface area contributed by atoms with E-state index in [9.17, 15) is 22.8 Å². The molecule has 3 nitrogen and oxygen atoms in total. The monoisotopic (exact) mass is 375 g/mol. The van der Waals surface area contributed by atoms with E-state index >= 15 is 0 Å². The van der Waals surface area contributed by atoms with Crippen LogP contribution < -0.4 is 4.90 Å². The Labute approximate surface area is 135 Å². The molecule has 120 valence electrons. The quantitative estimate of drug-likeness (QED) is 0.589. The number of alkyl halides is 3. The maximum absolute atomic E-state index is 12.9. The van der Waals surface area contributed by atoms with Crippen molar-refractivity contribution in [2.75, 3.05) is 4.90 Å². The minimum atomic E-state index is -4.46. The SMILES string of the molecule is CC(C)N1C(=O)C([AsH2])C(=O)C(CC(F)(F)F)c2ccccc21. The van der Waals surface area contributed by atoms with Crippen molar-refractivity contribution < 1.29 is 22.8 Å². The van der Waals surface area contributed by atoms with Crippen molar-refractivity contribution in [3.63, 3.8) is 0 Å². The van der Waals surface area contributed by atoms with Crippen LogP contribution in [0.5, 0.6) is 0 Å². The topological polar surface area (TPSA) is 37.4 Å². The van der Waals surface area contributed by atoms with E-state index in [0.717, 1.165) is 16.9 Å². The number of fused-ring (bicyclic) bond motifs is 1. The predicted octanol–water partition coefficient (Wildman–Crippen LogP) is 2.47. The second kappa shape index (κ2) is 6.07. The molecule has 7 heteroatoms. The number of Topliss-reactive ketones (excluding diaryl/α,β-unsaturated/α-hetero) is 1. The van der Waals surface area contributed by atoms with Gasteiger partial charge < -0.3 is 0 Å². The summed E-state index contributed by atoms with van der Waals surface area (Å²) in [6.45, 7) is 3.56. The zero-order chi connectivity index (χ0) is 16.7. The normalized spacial score (nSPS) is 22.8. The summed E-state index contributed by atoms with van der Waals surface area (Å²) in [4.78, 5) is 26.4. The summed E-state index contributed by atoms with van der Waals surface area (Å²) in [6, 6.07) is 6.15. The van der Waals surface area contributed by atoms with Crippen molar-refractivity contribution in [3.05, 3.63) is 29.8 Å². The van der Waals surface area contributed by atoms with Crippen molar-refractivity contribution in [2.45, 2.75) is 43.1 Å². The molecule has 1 aliphatic heterocycles. The predicted molar refractivity (Wildman–Crippen MR) is 79.8 cm³/mol. The zero-order valence-electron chi connectivity index (χ0n) is 12.2.